The molecule has 0 atom stereocenters. The summed E-state index contributed by atoms with van der Waals surface area (Å²) >= 11 is 0. The number of methoxy groups -OCH3 is 3. The molecule has 0 aliphatic rings. The summed E-state index contributed by atoms with van der Waals surface area (Å²) in [6.45, 7) is 0. The predicted molar refractivity (Wildman–Crippen MR) is 75.3 cm³/mol. The molecule has 2 rings (SSSR count). The van der Waals surface area contributed by atoms with Gasteiger partial charge in [0.2, 0.25) is 0 Å². The molecule has 0 spiro atoms. The lowest BCUT2D eigenvalue weighted by Gasteiger charge is -2.10. The van der Waals surface area contributed by atoms with Crippen LogP contribution in [0.2, 0.25) is 0 Å². The average Bonchev–Trinajstić information content (AvgIpc) is 2.48. The Morgan fingerprint density at radius 2 is 1.37 bits per heavy atom. The second kappa shape index (κ2) is 6.14. The molecule has 19 heavy (non-hydrogen) atoms. The van der Waals surface area contributed by atoms with Crippen molar-refractivity contribution in [1.82, 2.24) is 0 Å². The molecule has 0 N–H and O–H groups in total. The Labute approximate surface area is 113 Å². The van der Waals surface area contributed by atoms with Gasteiger partial charge in [-0.25, -0.2) is 0 Å². The van der Waals surface area contributed by atoms with Crippen molar-refractivity contribution in [3.05, 3.63) is 53.6 Å². The monoisotopic (exact) mass is 258 g/mol. The first-order chi connectivity index (χ1) is 9.26. The molecule has 0 saturated carbocycles. The minimum atomic E-state index is 0.801. The molecule has 100 valence electrons. The van der Waals surface area contributed by atoms with Gasteiger partial charge in [-0.05, 0) is 29.3 Å². The van der Waals surface area contributed by atoms with Gasteiger partial charge in [-0.1, -0.05) is 18.2 Å². The van der Waals surface area contributed by atoms with Crippen LogP contribution in [0.25, 0.3) is 0 Å². The Hall–Kier alpha value is -2.16. The molecule has 0 aromatic heterocycles. The molecule has 3 nitrogen and oxygen atoms in total. The minimum Gasteiger partial charge on any atom is -0.497 e. The molecule has 0 aliphatic carbocycles. The Morgan fingerprint density at radius 3 is 1.95 bits per heavy atom. The maximum atomic E-state index is 5.40. The van der Waals surface area contributed by atoms with Crippen molar-refractivity contribution in [2.75, 3.05) is 21.3 Å². The summed E-state index contributed by atoms with van der Waals surface area (Å²) in [6.07, 6.45) is 0.817. The van der Waals surface area contributed by atoms with Gasteiger partial charge in [-0.2, -0.15) is 0 Å². The third-order valence-corrected chi connectivity index (χ3v) is 3.05. The van der Waals surface area contributed by atoms with Crippen molar-refractivity contribution < 1.29 is 14.2 Å². The van der Waals surface area contributed by atoms with Crippen LogP contribution in [0.4, 0.5) is 0 Å². The molecule has 0 unspecified atom stereocenters. The van der Waals surface area contributed by atoms with Crippen molar-refractivity contribution in [1.29, 1.82) is 0 Å². The summed E-state index contributed by atoms with van der Waals surface area (Å²) < 4.78 is 15.7. The van der Waals surface area contributed by atoms with E-state index in [1.165, 1.54) is 5.56 Å². The van der Waals surface area contributed by atoms with Crippen molar-refractivity contribution >= 4 is 0 Å². The van der Waals surface area contributed by atoms with Gasteiger partial charge >= 0.3 is 0 Å². The fraction of sp³-hybridized carbons (Fsp3) is 0.250. The van der Waals surface area contributed by atoms with Crippen LogP contribution in [0.3, 0.4) is 0 Å². The lowest BCUT2D eigenvalue weighted by molar-refractivity contribution is 0.391. The maximum Gasteiger partial charge on any atom is 0.126 e. The molecule has 0 amide bonds. The highest BCUT2D eigenvalue weighted by Gasteiger charge is 2.06. The third kappa shape index (κ3) is 3.19. The zero-order valence-corrected chi connectivity index (χ0v) is 11.5. The molecule has 2 aromatic carbocycles. The highest BCUT2D eigenvalue weighted by atomic mass is 16.5. The summed E-state index contributed by atoms with van der Waals surface area (Å²) in [5, 5.41) is 0. The van der Waals surface area contributed by atoms with Crippen LogP contribution >= 0.6 is 0 Å². The van der Waals surface area contributed by atoms with E-state index in [-0.39, 0.29) is 0 Å². The van der Waals surface area contributed by atoms with Crippen molar-refractivity contribution in [3.63, 3.8) is 0 Å². The fourth-order valence-electron chi connectivity index (χ4n) is 1.96. The van der Waals surface area contributed by atoms with Crippen molar-refractivity contribution in [2.24, 2.45) is 0 Å². The zero-order valence-electron chi connectivity index (χ0n) is 11.5. The van der Waals surface area contributed by atoms with Crippen LogP contribution in [-0.4, -0.2) is 21.3 Å². The van der Waals surface area contributed by atoms with Gasteiger partial charge in [-0.15, -0.1) is 0 Å². The first kappa shape index (κ1) is 13.3. The van der Waals surface area contributed by atoms with E-state index in [0.717, 1.165) is 29.2 Å². The Kier molecular flexibility index (Phi) is 4.29. The van der Waals surface area contributed by atoms with Crippen molar-refractivity contribution in [3.8, 4) is 17.2 Å². The fourth-order valence-corrected chi connectivity index (χ4v) is 1.96. The Bertz CT molecular complexity index is 532. The summed E-state index contributed by atoms with van der Waals surface area (Å²) in [5.74, 6) is 2.51. The lowest BCUT2D eigenvalue weighted by atomic mass is 10.0. The van der Waals surface area contributed by atoms with E-state index in [9.17, 15) is 0 Å². The Morgan fingerprint density at radius 1 is 0.737 bits per heavy atom. The molecule has 0 fully saturated rings. The van der Waals surface area contributed by atoms with Gasteiger partial charge in [0.15, 0.2) is 0 Å². The van der Waals surface area contributed by atoms with E-state index in [0.29, 0.717) is 0 Å². The molecule has 3 heteroatoms. The van der Waals surface area contributed by atoms with E-state index in [1.807, 2.05) is 30.3 Å². The van der Waals surface area contributed by atoms with Gasteiger partial charge in [0.1, 0.15) is 17.2 Å². The normalized spacial score (nSPS) is 10.1. The summed E-state index contributed by atoms with van der Waals surface area (Å²) in [5.41, 5.74) is 2.35. The van der Waals surface area contributed by atoms with Gasteiger partial charge in [0, 0.05) is 12.5 Å². The molecular weight excluding hydrogens is 240 g/mol. The lowest BCUT2D eigenvalue weighted by Crippen LogP contribution is -1.95. The van der Waals surface area contributed by atoms with E-state index in [1.54, 1.807) is 21.3 Å². The number of hydrogen-bond acceptors (Lipinski definition) is 3. The average molecular weight is 258 g/mol. The first-order valence-electron chi connectivity index (χ1n) is 6.10. The maximum absolute atomic E-state index is 5.40. The molecule has 0 saturated heterocycles. The Balaban J connectivity index is 2.21. The van der Waals surface area contributed by atoms with Gasteiger partial charge < -0.3 is 14.2 Å². The number of rotatable bonds is 5. The van der Waals surface area contributed by atoms with E-state index in [2.05, 4.69) is 12.1 Å². The zero-order chi connectivity index (χ0) is 13.7. The molecule has 0 radical (unpaired) electrons. The van der Waals surface area contributed by atoms with Crippen molar-refractivity contribution in [2.45, 2.75) is 6.42 Å². The summed E-state index contributed by atoms with van der Waals surface area (Å²) in [6, 6.07) is 13.9. The van der Waals surface area contributed by atoms with Crippen LogP contribution < -0.4 is 14.2 Å². The molecule has 2 aromatic rings. The van der Waals surface area contributed by atoms with Gasteiger partial charge in [0.25, 0.3) is 0 Å². The summed E-state index contributed by atoms with van der Waals surface area (Å²) in [4.78, 5) is 0. The van der Waals surface area contributed by atoms with E-state index < -0.39 is 0 Å². The predicted octanol–water partition coefficient (Wildman–Crippen LogP) is 3.30. The number of hydrogen-bond donors (Lipinski definition) is 0. The minimum absolute atomic E-state index is 0.801. The first-order valence-corrected chi connectivity index (χ1v) is 6.10. The van der Waals surface area contributed by atoms with Crippen LogP contribution in [0.5, 0.6) is 17.2 Å². The topological polar surface area (TPSA) is 27.7 Å². The van der Waals surface area contributed by atoms with Crippen LogP contribution in [0.15, 0.2) is 42.5 Å². The molecule has 0 heterocycles. The molecular formula is C16H18O3. The standard InChI is InChI=1S/C16H18O3/c1-17-14-7-4-12(5-8-14)10-13-6-9-15(18-2)11-16(13)19-3/h4-9,11H,10H2,1-3H3. The number of benzene rings is 2. The van der Waals surface area contributed by atoms with Crippen LogP contribution in [0, 0.1) is 0 Å². The van der Waals surface area contributed by atoms with E-state index in [4.69, 9.17) is 14.2 Å². The third-order valence-electron chi connectivity index (χ3n) is 3.05. The van der Waals surface area contributed by atoms with Crippen LogP contribution in [-0.2, 0) is 6.42 Å². The van der Waals surface area contributed by atoms with E-state index >= 15 is 0 Å². The number of ether oxygens (including phenoxy) is 3. The highest BCUT2D eigenvalue weighted by molar-refractivity contribution is 5.43. The largest absolute Gasteiger partial charge is 0.497 e. The highest BCUT2D eigenvalue weighted by Crippen LogP contribution is 2.27. The quantitative estimate of drug-likeness (QED) is 0.823. The second-order valence-electron chi connectivity index (χ2n) is 4.20. The summed E-state index contributed by atoms with van der Waals surface area (Å²) in [7, 11) is 4.99. The van der Waals surface area contributed by atoms with Crippen LogP contribution in [0.1, 0.15) is 11.1 Å². The van der Waals surface area contributed by atoms with Gasteiger partial charge in [0.05, 0.1) is 21.3 Å². The SMILES string of the molecule is COc1ccc(Cc2ccc(OC)cc2OC)cc1. The van der Waals surface area contributed by atoms with Gasteiger partial charge in [-0.3, -0.25) is 0 Å². The molecule has 0 bridgehead atoms. The second-order valence-corrected chi connectivity index (χ2v) is 4.20. The smallest absolute Gasteiger partial charge is 0.126 e. The molecule has 0 aliphatic heterocycles.